The van der Waals surface area contributed by atoms with Crippen molar-refractivity contribution < 1.29 is 28.0 Å². The van der Waals surface area contributed by atoms with Crippen LogP contribution in [0.5, 0.6) is 5.75 Å². The minimum absolute atomic E-state index is 0.182. The van der Waals surface area contributed by atoms with Gasteiger partial charge in [0.1, 0.15) is 18.5 Å². The molecule has 1 saturated heterocycles. The van der Waals surface area contributed by atoms with Gasteiger partial charge < -0.3 is 29.0 Å². The summed E-state index contributed by atoms with van der Waals surface area (Å²) in [6.45, 7) is 11.4. The van der Waals surface area contributed by atoms with Crippen LogP contribution in [0.1, 0.15) is 64.6 Å². The SMILES string of the molecule is CCCCOCCOc1ccc(-c2ccc(N3CC[C@H](OC(C)=O)C3)c(/C=C(\C)C(=O)Nc3ccc(S(=O)Cc4cncn4CCC)cc3)c2)cc1. The number of aryl methyl sites for hydroxylation is 1. The van der Waals surface area contributed by atoms with Crippen LogP contribution in [0.25, 0.3) is 17.2 Å². The highest BCUT2D eigenvalue weighted by molar-refractivity contribution is 7.84. The Morgan fingerprint density at radius 3 is 2.46 bits per heavy atom. The number of amides is 1. The van der Waals surface area contributed by atoms with Gasteiger partial charge in [-0.2, -0.15) is 0 Å². The lowest BCUT2D eigenvalue weighted by atomic mass is 9.99. The van der Waals surface area contributed by atoms with Crippen molar-refractivity contribution in [2.24, 2.45) is 0 Å². The molecule has 4 aromatic rings. The van der Waals surface area contributed by atoms with Gasteiger partial charge in [0, 0.05) is 61.1 Å². The number of nitrogens with zero attached hydrogens (tertiary/aromatic N) is 3. The van der Waals surface area contributed by atoms with Crippen LogP contribution in [0.3, 0.4) is 0 Å². The summed E-state index contributed by atoms with van der Waals surface area (Å²) in [4.78, 5) is 32.2. The third-order valence-corrected chi connectivity index (χ3v) is 10.2. The molecule has 2 heterocycles. The van der Waals surface area contributed by atoms with Gasteiger partial charge in [0.2, 0.25) is 0 Å². The predicted octanol–water partition coefficient (Wildman–Crippen LogP) is 7.65. The van der Waals surface area contributed by atoms with Crippen molar-refractivity contribution in [2.75, 3.05) is 43.1 Å². The second kappa shape index (κ2) is 19.2. The van der Waals surface area contributed by atoms with E-state index in [9.17, 15) is 13.8 Å². The summed E-state index contributed by atoms with van der Waals surface area (Å²) >= 11 is 0. The van der Waals surface area contributed by atoms with Crippen LogP contribution in [-0.4, -0.2) is 64.7 Å². The van der Waals surface area contributed by atoms with Crippen molar-refractivity contribution in [3.63, 3.8) is 0 Å². The molecule has 1 amide bonds. The number of unbranched alkanes of at least 4 members (excludes halogenated alkanes) is 1. The fourth-order valence-electron chi connectivity index (χ4n) is 6.07. The molecule has 1 fully saturated rings. The van der Waals surface area contributed by atoms with E-state index >= 15 is 0 Å². The van der Waals surface area contributed by atoms with Gasteiger partial charge in [0.25, 0.3) is 5.91 Å². The molecule has 0 aliphatic carbocycles. The zero-order valence-corrected chi connectivity index (χ0v) is 31.5. The molecule has 52 heavy (non-hydrogen) atoms. The maximum Gasteiger partial charge on any atom is 0.302 e. The fourth-order valence-corrected chi connectivity index (χ4v) is 7.19. The van der Waals surface area contributed by atoms with E-state index in [-0.39, 0.29) is 18.0 Å². The van der Waals surface area contributed by atoms with Gasteiger partial charge in [-0.3, -0.25) is 13.8 Å². The first-order chi connectivity index (χ1) is 25.2. The topological polar surface area (TPSA) is 112 Å². The summed E-state index contributed by atoms with van der Waals surface area (Å²) in [5, 5.41) is 2.99. The van der Waals surface area contributed by atoms with E-state index in [4.69, 9.17) is 14.2 Å². The molecular weight excluding hydrogens is 677 g/mol. The number of rotatable bonds is 18. The second-order valence-electron chi connectivity index (χ2n) is 13.0. The first-order valence-electron chi connectivity index (χ1n) is 18.1. The lowest BCUT2D eigenvalue weighted by molar-refractivity contribution is -0.145. The molecule has 1 aliphatic rings. The van der Waals surface area contributed by atoms with Crippen molar-refractivity contribution in [2.45, 2.75) is 76.7 Å². The van der Waals surface area contributed by atoms with Crippen LogP contribution in [0.15, 0.2) is 89.7 Å². The largest absolute Gasteiger partial charge is 0.491 e. The Balaban J connectivity index is 1.29. The molecule has 2 atom stereocenters. The average Bonchev–Trinajstić information content (AvgIpc) is 3.79. The van der Waals surface area contributed by atoms with Crippen LogP contribution in [-0.2, 0) is 42.2 Å². The van der Waals surface area contributed by atoms with Crippen molar-refractivity contribution in [1.82, 2.24) is 9.55 Å². The maximum atomic E-state index is 13.5. The molecule has 0 saturated carbocycles. The monoisotopic (exact) mass is 726 g/mol. The van der Waals surface area contributed by atoms with Gasteiger partial charge in [0.15, 0.2) is 0 Å². The molecule has 0 spiro atoms. The quantitative estimate of drug-likeness (QED) is 0.0633. The highest BCUT2D eigenvalue weighted by Gasteiger charge is 2.26. The number of imidazole rings is 1. The predicted molar refractivity (Wildman–Crippen MR) is 207 cm³/mol. The maximum absolute atomic E-state index is 13.5. The van der Waals surface area contributed by atoms with E-state index < -0.39 is 10.8 Å². The Hall–Kier alpha value is -4.74. The van der Waals surface area contributed by atoms with Crippen LogP contribution in [0.4, 0.5) is 11.4 Å². The molecule has 5 rings (SSSR count). The van der Waals surface area contributed by atoms with Crippen LogP contribution < -0.4 is 15.0 Å². The summed E-state index contributed by atoms with van der Waals surface area (Å²) in [6.07, 6.45) is 9.11. The van der Waals surface area contributed by atoms with E-state index in [1.807, 2.05) is 34.9 Å². The summed E-state index contributed by atoms with van der Waals surface area (Å²) in [6, 6.07) is 21.3. The van der Waals surface area contributed by atoms with Crippen molar-refractivity contribution in [3.05, 3.63) is 96.1 Å². The van der Waals surface area contributed by atoms with Crippen molar-refractivity contribution >= 4 is 40.1 Å². The molecule has 1 aromatic heterocycles. The van der Waals surface area contributed by atoms with Gasteiger partial charge in [-0.15, -0.1) is 0 Å². The standard InChI is InChI=1S/C41H50N4O6S/c1-5-7-21-49-22-23-50-37-13-8-32(9-14-37)33-10-17-40(44-20-18-38(27-44)51-31(4)46)34(25-33)24-30(3)41(47)43-35-11-15-39(16-12-35)52(48)28-36-26-42-29-45(36)19-6-2/h8-17,24-26,29,38H,5-7,18-23,27-28H2,1-4H3,(H,43,47)/b30-24+/t38-,52?/m0/s1. The van der Waals surface area contributed by atoms with Crippen LogP contribution in [0.2, 0.25) is 0 Å². The number of benzene rings is 3. The molecular formula is C41H50N4O6S. The number of esters is 1. The van der Waals surface area contributed by atoms with E-state index in [0.717, 1.165) is 79.2 Å². The molecule has 276 valence electrons. The number of anilines is 2. The zero-order chi connectivity index (χ0) is 36.9. The van der Waals surface area contributed by atoms with Gasteiger partial charge in [-0.1, -0.05) is 38.5 Å². The smallest absolute Gasteiger partial charge is 0.302 e. The molecule has 1 unspecified atom stereocenters. The Morgan fingerprint density at radius 1 is 0.962 bits per heavy atom. The van der Waals surface area contributed by atoms with E-state index in [1.54, 1.807) is 43.7 Å². The number of carbonyl (C=O) groups excluding carboxylic acids is 2. The molecule has 0 radical (unpaired) electrons. The highest BCUT2D eigenvalue weighted by Crippen LogP contribution is 2.33. The lowest BCUT2D eigenvalue weighted by Crippen LogP contribution is -2.24. The molecule has 11 heteroatoms. The number of nitrogens with one attached hydrogen (secondary N) is 1. The third-order valence-electron chi connectivity index (χ3n) is 8.82. The number of hydrogen-bond donors (Lipinski definition) is 1. The fraction of sp³-hybridized carbons (Fsp3) is 0.390. The van der Waals surface area contributed by atoms with Gasteiger partial charge in [-0.05, 0) is 91.1 Å². The Kier molecular flexibility index (Phi) is 14.2. The van der Waals surface area contributed by atoms with Crippen molar-refractivity contribution in [1.29, 1.82) is 0 Å². The van der Waals surface area contributed by atoms with Crippen LogP contribution >= 0.6 is 0 Å². The number of ether oxygens (including phenoxy) is 3. The Bertz CT molecular complexity index is 1840. The van der Waals surface area contributed by atoms with Crippen LogP contribution in [0, 0.1) is 0 Å². The van der Waals surface area contributed by atoms with E-state index in [1.165, 1.54) is 6.92 Å². The molecule has 10 nitrogen and oxygen atoms in total. The zero-order valence-electron chi connectivity index (χ0n) is 30.6. The molecule has 3 aromatic carbocycles. The third kappa shape index (κ3) is 10.9. The summed E-state index contributed by atoms with van der Waals surface area (Å²) < 4.78 is 32.1. The summed E-state index contributed by atoms with van der Waals surface area (Å²) in [7, 11) is -1.25. The number of carbonyl (C=O) groups is 2. The lowest BCUT2D eigenvalue weighted by Gasteiger charge is -2.22. The van der Waals surface area contributed by atoms with E-state index in [2.05, 4.69) is 47.2 Å². The number of hydrogen-bond acceptors (Lipinski definition) is 8. The van der Waals surface area contributed by atoms with Gasteiger partial charge >= 0.3 is 5.97 Å². The summed E-state index contributed by atoms with van der Waals surface area (Å²) in [5.74, 6) is 0.623. The first-order valence-corrected chi connectivity index (χ1v) is 19.4. The molecule has 0 bridgehead atoms. The Labute approximate surface area is 309 Å². The minimum Gasteiger partial charge on any atom is -0.491 e. The number of aromatic nitrogens is 2. The highest BCUT2D eigenvalue weighted by atomic mass is 32.2. The second-order valence-corrected chi connectivity index (χ2v) is 14.4. The van der Waals surface area contributed by atoms with Crippen molar-refractivity contribution in [3.8, 4) is 16.9 Å². The minimum atomic E-state index is -1.25. The molecule has 1 aliphatic heterocycles. The Morgan fingerprint density at radius 2 is 1.73 bits per heavy atom. The average molecular weight is 727 g/mol. The first kappa shape index (κ1) is 38.5. The molecule has 1 N–H and O–H groups in total. The van der Waals surface area contributed by atoms with Gasteiger partial charge in [0.05, 0.1) is 41.7 Å². The van der Waals surface area contributed by atoms with Gasteiger partial charge in [-0.25, -0.2) is 4.98 Å². The summed E-state index contributed by atoms with van der Waals surface area (Å²) in [5.41, 5.74) is 5.92. The normalized spacial score (nSPS) is 15.0. The van der Waals surface area contributed by atoms with E-state index in [0.29, 0.717) is 41.7 Å².